The van der Waals surface area contributed by atoms with Crippen LogP contribution in [-0.2, 0) is 11.2 Å². The number of hydrogen-bond acceptors (Lipinski definition) is 5. The van der Waals surface area contributed by atoms with E-state index in [0.717, 1.165) is 16.7 Å². The summed E-state index contributed by atoms with van der Waals surface area (Å²) in [6.07, 6.45) is 0.492. The maximum atomic E-state index is 13.3. The summed E-state index contributed by atoms with van der Waals surface area (Å²) in [4.78, 5) is 26.3. The van der Waals surface area contributed by atoms with Crippen molar-refractivity contribution < 1.29 is 9.53 Å². The van der Waals surface area contributed by atoms with Gasteiger partial charge < -0.3 is 15.8 Å². The van der Waals surface area contributed by atoms with Gasteiger partial charge in [0.1, 0.15) is 16.8 Å². The van der Waals surface area contributed by atoms with Crippen LogP contribution in [-0.4, -0.2) is 23.3 Å². The number of ether oxygens (including phenoxy) is 1. The fourth-order valence-electron chi connectivity index (χ4n) is 4.00. The average Bonchev–Trinajstić information content (AvgIpc) is 3.22. The molecule has 32 heavy (non-hydrogen) atoms. The average molecular weight is 450 g/mol. The van der Waals surface area contributed by atoms with E-state index in [4.69, 9.17) is 10.5 Å². The molecule has 6 nitrogen and oxygen atoms in total. The lowest BCUT2D eigenvalue weighted by molar-refractivity contribution is -0.118. The zero-order chi connectivity index (χ0) is 23.0. The molecule has 0 saturated carbocycles. The molecule has 1 atom stereocenters. The maximum absolute atomic E-state index is 13.3. The monoisotopic (exact) mass is 449 g/mol. The number of pyridine rings is 1. The van der Waals surface area contributed by atoms with Crippen molar-refractivity contribution in [2.75, 3.05) is 23.9 Å². The van der Waals surface area contributed by atoms with Gasteiger partial charge in [-0.1, -0.05) is 35.9 Å². The van der Waals surface area contributed by atoms with Crippen LogP contribution < -0.4 is 21.3 Å². The number of thioether (sulfide) groups is 1. The molecule has 0 aliphatic carbocycles. The number of nitrogens with zero attached hydrogens (tertiary/aromatic N) is 1. The summed E-state index contributed by atoms with van der Waals surface area (Å²) < 4.78 is 7.21. The lowest BCUT2D eigenvalue weighted by atomic mass is 9.96. The van der Waals surface area contributed by atoms with E-state index in [9.17, 15) is 9.59 Å². The molecule has 166 valence electrons. The number of fused-ring (bicyclic) bond motifs is 1. The third-order valence-electron chi connectivity index (χ3n) is 6.06. The number of carbonyl (C=O) groups is 1. The van der Waals surface area contributed by atoms with E-state index in [1.807, 2.05) is 43.3 Å². The van der Waals surface area contributed by atoms with Crippen molar-refractivity contribution >= 4 is 29.0 Å². The van der Waals surface area contributed by atoms with Crippen molar-refractivity contribution in [3.63, 3.8) is 0 Å². The normalized spacial score (nSPS) is 14.8. The van der Waals surface area contributed by atoms with E-state index in [1.165, 1.54) is 21.9 Å². The number of aryl methyl sites for hydroxylation is 2. The van der Waals surface area contributed by atoms with E-state index in [0.29, 0.717) is 34.2 Å². The van der Waals surface area contributed by atoms with Gasteiger partial charge in [-0.25, -0.2) is 0 Å². The van der Waals surface area contributed by atoms with Gasteiger partial charge in [-0.15, -0.1) is 11.8 Å². The largest absolute Gasteiger partial charge is 0.494 e. The minimum absolute atomic E-state index is 0.127. The molecule has 0 radical (unpaired) electrons. The van der Waals surface area contributed by atoms with E-state index in [1.54, 1.807) is 7.11 Å². The van der Waals surface area contributed by atoms with Gasteiger partial charge >= 0.3 is 0 Å². The second-order valence-corrected chi connectivity index (χ2v) is 9.13. The molecule has 2 aromatic carbocycles. The zero-order valence-electron chi connectivity index (χ0n) is 18.7. The smallest absolute Gasteiger partial charge is 0.275 e. The molecule has 1 amide bonds. The molecule has 7 heteroatoms. The van der Waals surface area contributed by atoms with Crippen LogP contribution in [0.3, 0.4) is 0 Å². The summed E-state index contributed by atoms with van der Waals surface area (Å²) in [6, 6.07) is 13.0. The predicted molar refractivity (Wildman–Crippen MR) is 130 cm³/mol. The van der Waals surface area contributed by atoms with Crippen LogP contribution >= 0.6 is 11.8 Å². The molecule has 4 rings (SSSR count). The molecule has 3 aromatic rings. The SMILES string of the molecule is COc1c(Cc2cccc(C)c2C)c(N)c(=O)n2c1SCC2C(=O)Nc1ccc(C)cc1. The summed E-state index contributed by atoms with van der Waals surface area (Å²) >= 11 is 1.45. The number of aromatic nitrogens is 1. The van der Waals surface area contributed by atoms with Crippen molar-refractivity contribution in [3.8, 4) is 5.75 Å². The number of nitrogen functional groups attached to an aromatic ring is 1. The fraction of sp³-hybridized carbons (Fsp3) is 0.280. The molecule has 0 saturated heterocycles. The van der Waals surface area contributed by atoms with Gasteiger partial charge in [0.25, 0.3) is 5.56 Å². The summed E-state index contributed by atoms with van der Waals surface area (Å²) in [5, 5.41) is 3.56. The van der Waals surface area contributed by atoms with Crippen LogP contribution in [0.2, 0.25) is 0 Å². The number of carbonyl (C=O) groups excluding carboxylic acids is 1. The highest BCUT2D eigenvalue weighted by Gasteiger charge is 2.35. The van der Waals surface area contributed by atoms with E-state index >= 15 is 0 Å². The van der Waals surface area contributed by atoms with E-state index < -0.39 is 6.04 Å². The predicted octanol–water partition coefficient (Wildman–Crippen LogP) is 4.24. The summed E-state index contributed by atoms with van der Waals surface area (Å²) in [6.45, 7) is 6.11. The minimum atomic E-state index is -0.658. The van der Waals surface area contributed by atoms with Crippen molar-refractivity contribution in [1.82, 2.24) is 4.57 Å². The Bertz CT molecular complexity index is 1250. The molecule has 1 unspecified atom stereocenters. The molecule has 0 spiro atoms. The molecule has 2 heterocycles. The van der Waals surface area contributed by atoms with Crippen LogP contribution in [0.15, 0.2) is 52.3 Å². The number of amides is 1. The van der Waals surface area contributed by atoms with Crippen molar-refractivity contribution in [3.05, 3.63) is 80.6 Å². The van der Waals surface area contributed by atoms with Gasteiger partial charge in [0.05, 0.1) is 7.11 Å². The second kappa shape index (κ2) is 8.74. The Balaban J connectivity index is 1.72. The lowest BCUT2D eigenvalue weighted by Gasteiger charge is -2.19. The van der Waals surface area contributed by atoms with Crippen LogP contribution in [0.1, 0.15) is 33.9 Å². The third kappa shape index (κ3) is 3.88. The highest BCUT2D eigenvalue weighted by atomic mass is 32.2. The maximum Gasteiger partial charge on any atom is 0.275 e. The number of hydrogen-bond donors (Lipinski definition) is 2. The van der Waals surface area contributed by atoms with Gasteiger partial charge in [-0.2, -0.15) is 0 Å². The summed E-state index contributed by atoms with van der Waals surface area (Å²) in [7, 11) is 1.58. The highest BCUT2D eigenvalue weighted by Crippen LogP contribution is 2.42. The molecular weight excluding hydrogens is 422 g/mol. The van der Waals surface area contributed by atoms with Crippen molar-refractivity contribution in [2.45, 2.75) is 38.3 Å². The lowest BCUT2D eigenvalue weighted by Crippen LogP contribution is -2.34. The number of nitrogens with one attached hydrogen (secondary N) is 1. The molecule has 0 bridgehead atoms. The van der Waals surface area contributed by atoms with Crippen molar-refractivity contribution in [1.29, 1.82) is 0 Å². The zero-order valence-corrected chi connectivity index (χ0v) is 19.5. The fourth-order valence-corrected chi connectivity index (χ4v) is 5.30. The van der Waals surface area contributed by atoms with E-state index in [-0.39, 0.29) is 17.2 Å². The molecule has 3 N–H and O–H groups in total. The van der Waals surface area contributed by atoms with Crippen LogP contribution in [0.25, 0.3) is 0 Å². The first-order valence-corrected chi connectivity index (χ1v) is 11.5. The third-order valence-corrected chi connectivity index (χ3v) is 7.20. The Morgan fingerprint density at radius 3 is 2.59 bits per heavy atom. The first-order valence-electron chi connectivity index (χ1n) is 10.5. The Kier molecular flexibility index (Phi) is 6.02. The standard InChI is InChI=1S/C25H27N3O3S/c1-14-8-10-18(11-9-14)27-23(29)20-13-32-25-22(31-4)19(21(26)24(30)28(20)25)12-17-7-5-6-15(2)16(17)3/h5-11,20H,12-13,26H2,1-4H3,(H,27,29). The number of nitrogens with two attached hydrogens (primary N) is 1. The first kappa shape index (κ1) is 22.0. The van der Waals surface area contributed by atoms with Gasteiger partial charge in [0.2, 0.25) is 5.91 Å². The molecule has 1 aromatic heterocycles. The Labute approximate surface area is 191 Å². The van der Waals surface area contributed by atoms with Crippen molar-refractivity contribution in [2.24, 2.45) is 0 Å². The molecule has 0 fully saturated rings. The van der Waals surface area contributed by atoms with Crippen LogP contribution in [0.5, 0.6) is 5.75 Å². The minimum Gasteiger partial charge on any atom is -0.494 e. The molecule has 1 aliphatic rings. The van der Waals surface area contributed by atoms with E-state index in [2.05, 4.69) is 25.2 Å². The number of methoxy groups -OCH3 is 1. The summed E-state index contributed by atoms with van der Waals surface area (Å²) in [5.41, 5.74) is 12.0. The van der Waals surface area contributed by atoms with Crippen LogP contribution in [0, 0.1) is 20.8 Å². The molecular formula is C25H27N3O3S. The van der Waals surface area contributed by atoms with Gasteiger partial charge in [0, 0.05) is 23.4 Å². The first-order chi connectivity index (χ1) is 15.3. The number of benzene rings is 2. The highest BCUT2D eigenvalue weighted by molar-refractivity contribution is 7.99. The number of rotatable bonds is 5. The van der Waals surface area contributed by atoms with Gasteiger partial charge in [0.15, 0.2) is 5.75 Å². The van der Waals surface area contributed by atoms with Gasteiger partial charge in [-0.3, -0.25) is 14.2 Å². The quantitative estimate of drug-likeness (QED) is 0.608. The number of anilines is 2. The molecule has 1 aliphatic heterocycles. The second-order valence-electron chi connectivity index (χ2n) is 8.12. The Morgan fingerprint density at radius 1 is 1.19 bits per heavy atom. The van der Waals surface area contributed by atoms with Gasteiger partial charge in [-0.05, 0) is 49.6 Å². The summed E-state index contributed by atoms with van der Waals surface area (Å²) in [5.74, 6) is 0.764. The Hall–Kier alpha value is -3.19. The Morgan fingerprint density at radius 2 is 1.91 bits per heavy atom. The topological polar surface area (TPSA) is 86.3 Å². The van der Waals surface area contributed by atoms with Crippen LogP contribution in [0.4, 0.5) is 11.4 Å².